The topological polar surface area (TPSA) is 114 Å². The summed E-state index contributed by atoms with van der Waals surface area (Å²) in [6.07, 6.45) is -0.133. The maximum Gasteiger partial charge on any atom is 0.255 e. The summed E-state index contributed by atoms with van der Waals surface area (Å²) in [6, 6.07) is 6.23. The Kier molecular flexibility index (Phi) is 7.08. The number of nitrogens with zero attached hydrogens (tertiary/aromatic N) is 1. The number of fused-ring (bicyclic) bond motifs is 1. The molecule has 1 heterocycles. The predicted octanol–water partition coefficient (Wildman–Crippen LogP) is 3.75. The second kappa shape index (κ2) is 9.60. The quantitative estimate of drug-likeness (QED) is 0.520. The summed E-state index contributed by atoms with van der Waals surface area (Å²) < 4.78 is 6.33. The molecule has 0 aliphatic carbocycles. The molecule has 1 aliphatic heterocycles. The van der Waals surface area contributed by atoms with Crippen molar-refractivity contribution in [1.29, 1.82) is 0 Å². The Morgan fingerprint density at radius 2 is 1.75 bits per heavy atom. The highest BCUT2D eigenvalue weighted by Crippen LogP contribution is 2.42. The number of rotatable bonds is 6. The lowest BCUT2D eigenvalue weighted by molar-refractivity contribution is -0.133. The third kappa shape index (κ3) is 4.88. The van der Waals surface area contributed by atoms with Gasteiger partial charge in [-0.15, -0.1) is 0 Å². The number of carbonyl (C=O) groups excluding carboxylic acids is 3. The van der Waals surface area contributed by atoms with E-state index in [0.717, 1.165) is 11.1 Å². The normalized spacial score (nSPS) is 15.3. The zero-order chi connectivity index (χ0) is 23.6. The fourth-order valence-electron chi connectivity index (χ4n) is 3.73. The zero-order valence-electron chi connectivity index (χ0n) is 18.5. The number of halogens is 1. The van der Waals surface area contributed by atoms with Crippen molar-refractivity contribution in [2.45, 2.75) is 40.2 Å². The summed E-state index contributed by atoms with van der Waals surface area (Å²) in [7, 11) is 0. The summed E-state index contributed by atoms with van der Waals surface area (Å²) in [5.74, 6) is -0.343. The minimum absolute atomic E-state index is 0.133. The minimum atomic E-state index is -1.00. The number of nitrogens with two attached hydrogens (primary N) is 1. The van der Waals surface area contributed by atoms with Crippen molar-refractivity contribution in [2.24, 2.45) is 0 Å². The number of aryl methyl sites for hydroxylation is 2. The van der Waals surface area contributed by atoms with E-state index in [9.17, 15) is 14.4 Å². The lowest BCUT2D eigenvalue weighted by Gasteiger charge is -2.21. The van der Waals surface area contributed by atoms with Crippen LogP contribution in [0.1, 0.15) is 41.8 Å². The van der Waals surface area contributed by atoms with Crippen LogP contribution in [0.15, 0.2) is 28.7 Å². The standard InChI is InChI=1S/C23H27BrN4O4/c1-5-28(6-2)18(29)11-17-22(30)26-16-10-15(25)21(20(24)19(16)23(31)27-17)32-14-8-12(3)7-13(4)9-14/h7-10,17H,5-6,11,25H2,1-4H3,(H,26,30)(H,27,31)/t17-/m0/s1. The molecule has 170 valence electrons. The van der Waals surface area contributed by atoms with Gasteiger partial charge in [0.15, 0.2) is 5.75 Å². The number of nitrogens with one attached hydrogen (secondary N) is 2. The Morgan fingerprint density at radius 3 is 2.34 bits per heavy atom. The zero-order valence-corrected chi connectivity index (χ0v) is 20.1. The van der Waals surface area contributed by atoms with Crippen molar-refractivity contribution >= 4 is 45.0 Å². The van der Waals surface area contributed by atoms with Gasteiger partial charge in [0.2, 0.25) is 11.8 Å². The van der Waals surface area contributed by atoms with E-state index in [2.05, 4.69) is 26.6 Å². The third-order valence-corrected chi connectivity index (χ3v) is 6.02. The molecule has 1 atom stereocenters. The first kappa shape index (κ1) is 23.6. The lowest BCUT2D eigenvalue weighted by Crippen LogP contribution is -2.45. The first-order chi connectivity index (χ1) is 15.1. The molecule has 2 aromatic carbocycles. The third-order valence-electron chi connectivity index (χ3n) is 5.27. The summed E-state index contributed by atoms with van der Waals surface area (Å²) in [4.78, 5) is 39.9. The van der Waals surface area contributed by atoms with Crippen molar-refractivity contribution in [3.63, 3.8) is 0 Å². The molecule has 32 heavy (non-hydrogen) atoms. The molecule has 0 aromatic heterocycles. The molecule has 0 saturated carbocycles. The van der Waals surface area contributed by atoms with Crippen molar-refractivity contribution < 1.29 is 19.1 Å². The van der Waals surface area contributed by atoms with Gasteiger partial charge in [0, 0.05) is 13.1 Å². The van der Waals surface area contributed by atoms with Crippen LogP contribution in [0.25, 0.3) is 0 Å². The molecular formula is C23H27BrN4O4. The van der Waals surface area contributed by atoms with Crippen LogP contribution in [-0.2, 0) is 9.59 Å². The van der Waals surface area contributed by atoms with Crippen LogP contribution in [0, 0.1) is 13.8 Å². The van der Waals surface area contributed by atoms with E-state index < -0.39 is 17.9 Å². The Morgan fingerprint density at radius 1 is 1.12 bits per heavy atom. The Bertz CT molecular complexity index is 1060. The highest BCUT2D eigenvalue weighted by atomic mass is 79.9. The highest BCUT2D eigenvalue weighted by Gasteiger charge is 2.33. The van der Waals surface area contributed by atoms with Gasteiger partial charge in [0.1, 0.15) is 11.8 Å². The predicted molar refractivity (Wildman–Crippen MR) is 127 cm³/mol. The fourth-order valence-corrected chi connectivity index (χ4v) is 4.43. The molecule has 0 bridgehead atoms. The molecule has 4 N–H and O–H groups in total. The van der Waals surface area contributed by atoms with E-state index in [1.54, 1.807) is 4.90 Å². The maximum absolute atomic E-state index is 13.0. The van der Waals surface area contributed by atoms with E-state index in [1.165, 1.54) is 6.07 Å². The van der Waals surface area contributed by atoms with E-state index in [0.29, 0.717) is 23.3 Å². The van der Waals surface area contributed by atoms with Gasteiger partial charge in [-0.3, -0.25) is 14.4 Å². The number of carbonyl (C=O) groups is 3. The van der Waals surface area contributed by atoms with Crippen LogP contribution in [0.3, 0.4) is 0 Å². The Balaban J connectivity index is 1.93. The highest BCUT2D eigenvalue weighted by molar-refractivity contribution is 9.10. The molecular weight excluding hydrogens is 476 g/mol. The minimum Gasteiger partial charge on any atom is -0.454 e. The van der Waals surface area contributed by atoms with Crippen LogP contribution in [0.4, 0.5) is 11.4 Å². The number of nitrogen functional groups attached to an aromatic ring is 1. The molecule has 8 nitrogen and oxygen atoms in total. The fraction of sp³-hybridized carbons (Fsp3) is 0.348. The van der Waals surface area contributed by atoms with Crippen LogP contribution in [0.2, 0.25) is 0 Å². The number of hydrogen-bond donors (Lipinski definition) is 3. The summed E-state index contributed by atoms with van der Waals surface area (Å²) in [5.41, 5.74) is 8.94. The Labute approximate surface area is 195 Å². The summed E-state index contributed by atoms with van der Waals surface area (Å²) in [5, 5.41) is 5.38. The van der Waals surface area contributed by atoms with Crippen LogP contribution in [-0.4, -0.2) is 41.8 Å². The molecule has 3 rings (SSSR count). The molecule has 2 aromatic rings. The molecule has 0 spiro atoms. The van der Waals surface area contributed by atoms with E-state index >= 15 is 0 Å². The number of benzene rings is 2. The molecule has 1 aliphatic rings. The average molecular weight is 503 g/mol. The van der Waals surface area contributed by atoms with Gasteiger partial charge in [-0.05, 0) is 73.0 Å². The molecule has 0 radical (unpaired) electrons. The smallest absolute Gasteiger partial charge is 0.255 e. The van der Waals surface area contributed by atoms with Crippen molar-refractivity contribution in [1.82, 2.24) is 10.2 Å². The number of hydrogen-bond acceptors (Lipinski definition) is 5. The SMILES string of the molecule is CCN(CC)C(=O)C[C@@H]1NC(=O)c2c(cc(N)c(Oc3cc(C)cc(C)c3)c2Br)NC1=O. The molecule has 3 amide bonds. The monoisotopic (exact) mass is 502 g/mol. The summed E-state index contributed by atoms with van der Waals surface area (Å²) in [6.45, 7) is 8.69. The van der Waals surface area contributed by atoms with Crippen LogP contribution >= 0.6 is 15.9 Å². The first-order valence-electron chi connectivity index (χ1n) is 10.4. The van der Waals surface area contributed by atoms with Gasteiger partial charge in [-0.2, -0.15) is 0 Å². The Hall–Kier alpha value is -3.07. The second-order valence-corrected chi connectivity index (χ2v) is 8.54. The van der Waals surface area contributed by atoms with E-state index in [1.807, 2.05) is 45.9 Å². The molecule has 0 unspecified atom stereocenters. The van der Waals surface area contributed by atoms with E-state index in [-0.39, 0.29) is 35.0 Å². The lowest BCUT2D eigenvalue weighted by atomic mass is 10.1. The molecule has 0 saturated heterocycles. The van der Waals surface area contributed by atoms with Gasteiger partial charge >= 0.3 is 0 Å². The van der Waals surface area contributed by atoms with Crippen molar-refractivity contribution in [2.75, 3.05) is 24.1 Å². The van der Waals surface area contributed by atoms with Gasteiger partial charge in [0.25, 0.3) is 5.91 Å². The van der Waals surface area contributed by atoms with Crippen molar-refractivity contribution in [3.05, 3.63) is 45.4 Å². The van der Waals surface area contributed by atoms with Gasteiger partial charge in [-0.1, -0.05) is 6.07 Å². The molecule has 0 fully saturated rings. The maximum atomic E-state index is 13.0. The number of anilines is 2. The largest absolute Gasteiger partial charge is 0.454 e. The number of ether oxygens (including phenoxy) is 1. The first-order valence-corrected chi connectivity index (χ1v) is 11.2. The average Bonchev–Trinajstić information content (AvgIpc) is 2.81. The second-order valence-electron chi connectivity index (χ2n) is 7.74. The van der Waals surface area contributed by atoms with Crippen LogP contribution in [0.5, 0.6) is 11.5 Å². The summed E-state index contributed by atoms with van der Waals surface area (Å²) >= 11 is 3.43. The molecule has 9 heteroatoms. The van der Waals surface area contributed by atoms with Gasteiger partial charge in [-0.25, -0.2) is 0 Å². The van der Waals surface area contributed by atoms with Gasteiger partial charge in [0.05, 0.1) is 27.8 Å². The van der Waals surface area contributed by atoms with Crippen molar-refractivity contribution in [3.8, 4) is 11.5 Å². The van der Waals surface area contributed by atoms with Crippen LogP contribution < -0.4 is 21.1 Å². The number of amides is 3. The van der Waals surface area contributed by atoms with E-state index in [4.69, 9.17) is 10.5 Å². The van der Waals surface area contributed by atoms with Gasteiger partial charge < -0.3 is 26.0 Å².